The largest absolute Gasteiger partial charge is 0.466 e. The van der Waals surface area contributed by atoms with E-state index in [1.54, 1.807) is 13.8 Å². The number of hydrogen-bond acceptors (Lipinski definition) is 7. The maximum atomic E-state index is 12.4. The fourth-order valence-corrected chi connectivity index (χ4v) is 3.27. The van der Waals surface area contributed by atoms with Crippen LogP contribution in [0.2, 0.25) is 5.02 Å². The molecule has 9 heteroatoms. The van der Waals surface area contributed by atoms with E-state index < -0.39 is 22.8 Å². The van der Waals surface area contributed by atoms with Crippen LogP contribution >= 0.6 is 11.6 Å². The molecule has 1 aliphatic rings. The second kappa shape index (κ2) is 7.57. The van der Waals surface area contributed by atoms with Crippen LogP contribution in [-0.4, -0.2) is 31.1 Å². The lowest BCUT2D eigenvalue weighted by molar-refractivity contribution is -0.384. The van der Waals surface area contributed by atoms with E-state index in [1.165, 1.54) is 32.4 Å². The van der Waals surface area contributed by atoms with Gasteiger partial charge < -0.3 is 14.8 Å². The molecule has 1 N–H and O–H groups in total. The molecule has 0 saturated heterocycles. The van der Waals surface area contributed by atoms with Crippen molar-refractivity contribution in [2.75, 3.05) is 14.2 Å². The number of ether oxygens (including phenoxy) is 2. The van der Waals surface area contributed by atoms with E-state index in [0.717, 1.165) is 0 Å². The van der Waals surface area contributed by atoms with E-state index in [-0.39, 0.29) is 27.4 Å². The summed E-state index contributed by atoms with van der Waals surface area (Å²) in [6, 6.07) is 4.21. The topological polar surface area (TPSA) is 108 Å². The molecule has 138 valence electrons. The summed E-state index contributed by atoms with van der Waals surface area (Å²) in [4.78, 5) is 35.4. The number of nitro benzene ring substituents is 1. The SMILES string of the molecule is COC(=O)C1=C(C)NC(C)=C(C(=O)OC)C1c1cccc([N+](=O)[O-])c1Cl. The second-order valence-electron chi connectivity index (χ2n) is 5.56. The lowest BCUT2D eigenvalue weighted by atomic mass is 9.80. The van der Waals surface area contributed by atoms with Crippen molar-refractivity contribution in [3.05, 3.63) is 61.4 Å². The van der Waals surface area contributed by atoms with Crippen LogP contribution in [-0.2, 0) is 19.1 Å². The van der Waals surface area contributed by atoms with Gasteiger partial charge in [-0.2, -0.15) is 0 Å². The third-order valence-corrected chi connectivity index (χ3v) is 4.50. The van der Waals surface area contributed by atoms with Crippen molar-refractivity contribution in [3.8, 4) is 0 Å². The number of halogens is 1. The number of dihydropyridines is 1. The molecule has 1 aliphatic heterocycles. The Morgan fingerprint density at radius 3 is 2.04 bits per heavy atom. The Balaban J connectivity index is 2.81. The highest BCUT2D eigenvalue weighted by Crippen LogP contribution is 2.43. The summed E-state index contributed by atoms with van der Waals surface area (Å²) in [5.41, 5.74) is 1.07. The van der Waals surface area contributed by atoms with Crippen LogP contribution in [0.25, 0.3) is 0 Å². The zero-order valence-corrected chi connectivity index (χ0v) is 15.3. The van der Waals surface area contributed by atoms with Gasteiger partial charge in [0.15, 0.2) is 0 Å². The van der Waals surface area contributed by atoms with Crippen molar-refractivity contribution in [3.63, 3.8) is 0 Å². The molecule has 0 aromatic heterocycles. The van der Waals surface area contributed by atoms with Gasteiger partial charge in [0.05, 0.1) is 36.2 Å². The van der Waals surface area contributed by atoms with Crippen molar-refractivity contribution >= 4 is 29.2 Å². The average molecular weight is 381 g/mol. The molecule has 0 amide bonds. The minimum Gasteiger partial charge on any atom is -0.466 e. The minimum atomic E-state index is -0.969. The molecule has 1 aromatic rings. The fraction of sp³-hybridized carbons (Fsp3) is 0.294. The first-order chi connectivity index (χ1) is 12.2. The molecule has 2 rings (SSSR count). The average Bonchev–Trinajstić information content (AvgIpc) is 2.59. The lowest BCUT2D eigenvalue weighted by Crippen LogP contribution is -2.32. The molecule has 26 heavy (non-hydrogen) atoms. The zero-order valence-electron chi connectivity index (χ0n) is 14.6. The van der Waals surface area contributed by atoms with Gasteiger partial charge in [-0.15, -0.1) is 0 Å². The fourth-order valence-electron chi connectivity index (χ4n) is 2.97. The summed E-state index contributed by atoms with van der Waals surface area (Å²) in [5.74, 6) is -2.34. The van der Waals surface area contributed by atoms with Gasteiger partial charge in [0.1, 0.15) is 5.02 Å². The smallest absolute Gasteiger partial charge is 0.336 e. The number of carbonyl (C=O) groups is 2. The zero-order chi connectivity index (χ0) is 19.6. The normalized spacial score (nSPS) is 14.8. The monoisotopic (exact) mass is 380 g/mol. The van der Waals surface area contributed by atoms with Gasteiger partial charge in [0.25, 0.3) is 5.69 Å². The minimum absolute atomic E-state index is 0.126. The van der Waals surface area contributed by atoms with Crippen molar-refractivity contribution in [2.45, 2.75) is 19.8 Å². The Morgan fingerprint density at radius 1 is 1.12 bits per heavy atom. The Bertz CT molecular complexity index is 821. The standard InChI is InChI=1S/C17H17ClN2O6/c1-8-12(16(21)25-3)14(13(9(2)19-8)17(22)26-4)10-6-5-7-11(15(10)18)20(23)24/h5-7,14,19H,1-4H3. The molecule has 0 spiro atoms. The van der Waals surface area contributed by atoms with Gasteiger partial charge in [-0.3, -0.25) is 10.1 Å². The summed E-state index contributed by atoms with van der Waals surface area (Å²) in [5, 5.41) is 14.0. The molecule has 0 fully saturated rings. The maximum Gasteiger partial charge on any atom is 0.336 e. The molecule has 1 aromatic carbocycles. The van der Waals surface area contributed by atoms with Crippen LogP contribution in [0.4, 0.5) is 5.69 Å². The van der Waals surface area contributed by atoms with Crippen LogP contribution in [0.15, 0.2) is 40.7 Å². The van der Waals surface area contributed by atoms with Gasteiger partial charge in [0.2, 0.25) is 0 Å². The maximum absolute atomic E-state index is 12.4. The summed E-state index contributed by atoms with van der Waals surface area (Å²) in [6.45, 7) is 3.28. The molecule has 0 bridgehead atoms. The predicted octanol–water partition coefficient (Wildman–Crippen LogP) is 2.83. The number of carbonyl (C=O) groups excluding carboxylic acids is 2. The number of nitro groups is 1. The molecule has 0 radical (unpaired) electrons. The summed E-state index contributed by atoms with van der Waals surface area (Å²) in [6.07, 6.45) is 0. The number of esters is 2. The van der Waals surface area contributed by atoms with Crippen LogP contribution < -0.4 is 5.32 Å². The van der Waals surface area contributed by atoms with Crippen molar-refractivity contribution in [2.24, 2.45) is 0 Å². The summed E-state index contributed by atoms with van der Waals surface area (Å²) >= 11 is 6.25. The Hall–Kier alpha value is -2.87. The summed E-state index contributed by atoms with van der Waals surface area (Å²) in [7, 11) is 2.41. The summed E-state index contributed by atoms with van der Waals surface area (Å²) < 4.78 is 9.68. The van der Waals surface area contributed by atoms with E-state index in [4.69, 9.17) is 21.1 Å². The third kappa shape index (κ3) is 3.28. The Kier molecular flexibility index (Phi) is 5.66. The molecule has 0 aliphatic carbocycles. The molecular weight excluding hydrogens is 364 g/mol. The van der Waals surface area contributed by atoms with Crippen molar-refractivity contribution in [1.29, 1.82) is 0 Å². The van der Waals surface area contributed by atoms with E-state index in [0.29, 0.717) is 11.4 Å². The molecular formula is C17H17ClN2O6. The van der Waals surface area contributed by atoms with E-state index in [1.807, 2.05) is 0 Å². The first-order valence-electron chi connectivity index (χ1n) is 7.52. The van der Waals surface area contributed by atoms with Gasteiger partial charge in [-0.05, 0) is 19.4 Å². The van der Waals surface area contributed by atoms with E-state index in [2.05, 4.69) is 5.32 Å². The number of benzene rings is 1. The van der Waals surface area contributed by atoms with Crippen molar-refractivity contribution < 1.29 is 24.0 Å². The molecule has 1 heterocycles. The third-order valence-electron chi connectivity index (χ3n) is 4.09. The van der Waals surface area contributed by atoms with Crippen LogP contribution in [0.3, 0.4) is 0 Å². The van der Waals surface area contributed by atoms with E-state index >= 15 is 0 Å². The van der Waals surface area contributed by atoms with Gasteiger partial charge >= 0.3 is 11.9 Å². The van der Waals surface area contributed by atoms with Gasteiger partial charge in [-0.25, -0.2) is 9.59 Å². The highest BCUT2D eigenvalue weighted by molar-refractivity contribution is 6.33. The Morgan fingerprint density at radius 2 is 1.62 bits per heavy atom. The quantitative estimate of drug-likeness (QED) is 0.486. The number of hydrogen-bond donors (Lipinski definition) is 1. The van der Waals surface area contributed by atoms with Gasteiger partial charge in [-0.1, -0.05) is 23.7 Å². The van der Waals surface area contributed by atoms with Crippen LogP contribution in [0, 0.1) is 10.1 Å². The highest BCUT2D eigenvalue weighted by atomic mass is 35.5. The first kappa shape index (κ1) is 19.5. The predicted molar refractivity (Wildman–Crippen MR) is 93.4 cm³/mol. The highest BCUT2D eigenvalue weighted by Gasteiger charge is 2.39. The first-order valence-corrected chi connectivity index (χ1v) is 7.90. The number of rotatable bonds is 4. The van der Waals surface area contributed by atoms with Crippen molar-refractivity contribution in [1.82, 2.24) is 5.32 Å². The second-order valence-corrected chi connectivity index (χ2v) is 5.93. The Labute approximate surface area is 154 Å². The molecule has 8 nitrogen and oxygen atoms in total. The molecule has 0 saturated carbocycles. The van der Waals surface area contributed by atoms with E-state index in [9.17, 15) is 19.7 Å². The van der Waals surface area contributed by atoms with Gasteiger partial charge in [0, 0.05) is 17.5 Å². The number of nitrogens with zero attached hydrogens (tertiary/aromatic N) is 1. The number of allylic oxidation sites excluding steroid dienone is 2. The van der Waals surface area contributed by atoms with Crippen LogP contribution in [0.5, 0.6) is 0 Å². The number of nitrogens with one attached hydrogen (secondary N) is 1. The number of methoxy groups -OCH3 is 2. The molecule has 0 atom stereocenters. The van der Waals surface area contributed by atoms with Crippen LogP contribution in [0.1, 0.15) is 25.3 Å². The lowest BCUT2D eigenvalue weighted by Gasteiger charge is -2.30. The molecule has 0 unspecified atom stereocenters.